The van der Waals surface area contributed by atoms with Crippen LogP contribution in [0.3, 0.4) is 0 Å². The van der Waals surface area contributed by atoms with Gasteiger partial charge in [-0.15, -0.1) is 23.0 Å². The van der Waals surface area contributed by atoms with Crippen molar-refractivity contribution in [1.82, 2.24) is 20.2 Å². The quantitative estimate of drug-likeness (QED) is 0.851. The third-order valence-electron chi connectivity index (χ3n) is 2.26. The van der Waals surface area contributed by atoms with Crippen LogP contribution in [0.4, 0.5) is 13.2 Å². The highest BCUT2D eigenvalue weighted by molar-refractivity contribution is 9.10. The summed E-state index contributed by atoms with van der Waals surface area (Å²) in [5.41, 5.74) is 0.232. The zero-order chi connectivity index (χ0) is 14.9. The van der Waals surface area contributed by atoms with Gasteiger partial charge < -0.3 is 4.74 Å². The molecule has 0 aliphatic carbocycles. The number of halogens is 4. The standard InChI is InChI=1S/C11H10BrF3N4O/c1-6(2)20-9-4-3-7(5-8(9)12)10-16-17-18-19(10)11(13,14)15/h3-6H,1-2H3. The van der Waals surface area contributed by atoms with E-state index in [-0.39, 0.29) is 22.2 Å². The second-order valence-corrected chi connectivity index (χ2v) is 5.05. The lowest BCUT2D eigenvalue weighted by Crippen LogP contribution is -2.19. The molecule has 0 fully saturated rings. The molecule has 0 spiro atoms. The number of tetrazole rings is 1. The predicted molar refractivity (Wildman–Crippen MR) is 68.0 cm³/mol. The molecule has 0 bridgehead atoms. The van der Waals surface area contributed by atoms with Gasteiger partial charge in [-0.05, 0) is 58.4 Å². The summed E-state index contributed by atoms with van der Waals surface area (Å²) in [4.78, 5) is 0. The van der Waals surface area contributed by atoms with E-state index in [1.165, 1.54) is 12.1 Å². The van der Waals surface area contributed by atoms with Gasteiger partial charge >= 0.3 is 6.30 Å². The number of hydrogen-bond donors (Lipinski definition) is 0. The molecule has 0 saturated heterocycles. The zero-order valence-electron chi connectivity index (χ0n) is 10.5. The normalized spacial score (nSPS) is 11.9. The van der Waals surface area contributed by atoms with Gasteiger partial charge in [-0.25, -0.2) is 0 Å². The van der Waals surface area contributed by atoms with E-state index in [0.29, 0.717) is 10.2 Å². The molecule has 1 aromatic carbocycles. The van der Waals surface area contributed by atoms with Gasteiger partial charge in [0.05, 0.1) is 10.6 Å². The minimum absolute atomic E-state index is 0.0438. The van der Waals surface area contributed by atoms with Crippen molar-refractivity contribution in [2.24, 2.45) is 0 Å². The average Bonchev–Trinajstić information content (AvgIpc) is 2.80. The highest BCUT2D eigenvalue weighted by Gasteiger charge is 2.36. The first-order valence-corrected chi connectivity index (χ1v) is 6.40. The molecule has 108 valence electrons. The lowest BCUT2D eigenvalue weighted by atomic mass is 10.2. The molecule has 0 N–H and O–H groups in total. The Labute approximate surface area is 120 Å². The summed E-state index contributed by atoms with van der Waals surface area (Å²) in [6, 6.07) is 4.51. The second-order valence-electron chi connectivity index (χ2n) is 4.19. The van der Waals surface area contributed by atoms with Gasteiger partial charge in [-0.3, -0.25) is 0 Å². The molecule has 20 heavy (non-hydrogen) atoms. The minimum atomic E-state index is -4.67. The smallest absolute Gasteiger partial charge is 0.490 e. The number of alkyl halides is 3. The first kappa shape index (κ1) is 14.8. The summed E-state index contributed by atoms with van der Waals surface area (Å²) in [7, 11) is 0. The molecule has 0 aliphatic heterocycles. The van der Waals surface area contributed by atoms with Gasteiger partial charge in [-0.1, -0.05) is 0 Å². The molecule has 0 saturated carbocycles. The molecule has 9 heteroatoms. The van der Waals surface area contributed by atoms with Crippen LogP contribution >= 0.6 is 15.9 Å². The number of benzene rings is 1. The lowest BCUT2D eigenvalue weighted by Gasteiger charge is -2.12. The van der Waals surface area contributed by atoms with Crippen molar-refractivity contribution in [3.05, 3.63) is 22.7 Å². The van der Waals surface area contributed by atoms with E-state index in [2.05, 4.69) is 31.5 Å². The fourth-order valence-corrected chi connectivity index (χ4v) is 2.00. The highest BCUT2D eigenvalue weighted by Crippen LogP contribution is 2.32. The molecule has 2 aromatic rings. The third kappa shape index (κ3) is 3.09. The van der Waals surface area contributed by atoms with Gasteiger partial charge in [0.15, 0.2) is 5.82 Å². The van der Waals surface area contributed by atoms with Crippen molar-refractivity contribution in [2.45, 2.75) is 26.3 Å². The van der Waals surface area contributed by atoms with E-state index in [0.717, 1.165) is 0 Å². The number of aromatic nitrogens is 4. The van der Waals surface area contributed by atoms with Gasteiger partial charge in [0, 0.05) is 5.56 Å². The molecular weight excluding hydrogens is 341 g/mol. The van der Waals surface area contributed by atoms with E-state index in [1.54, 1.807) is 6.07 Å². The van der Waals surface area contributed by atoms with E-state index in [9.17, 15) is 13.2 Å². The van der Waals surface area contributed by atoms with Crippen LogP contribution in [0.2, 0.25) is 0 Å². The Morgan fingerprint density at radius 3 is 2.55 bits per heavy atom. The maximum absolute atomic E-state index is 12.7. The largest absolute Gasteiger partial charge is 0.507 e. The second kappa shape index (κ2) is 5.39. The molecule has 1 heterocycles. The summed E-state index contributed by atoms with van der Waals surface area (Å²) >= 11 is 3.25. The summed E-state index contributed by atoms with van der Waals surface area (Å²) in [5, 5.41) is 9.41. The van der Waals surface area contributed by atoms with Crippen molar-refractivity contribution in [3.8, 4) is 17.1 Å². The maximum Gasteiger partial charge on any atom is 0.507 e. The van der Waals surface area contributed by atoms with Crippen molar-refractivity contribution in [1.29, 1.82) is 0 Å². The van der Waals surface area contributed by atoms with Crippen molar-refractivity contribution in [3.63, 3.8) is 0 Å². The lowest BCUT2D eigenvalue weighted by molar-refractivity contribution is -0.211. The Kier molecular flexibility index (Phi) is 3.98. The third-order valence-corrected chi connectivity index (χ3v) is 2.88. The van der Waals surface area contributed by atoms with Crippen LogP contribution in [0, 0.1) is 0 Å². The maximum atomic E-state index is 12.7. The van der Waals surface area contributed by atoms with E-state index < -0.39 is 6.30 Å². The van der Waals surface area contributed by atoms with Crippen LogP contribution in [-0.4, -0.2) is 26.3 Å². The molecule has 0 atom stereocenters. The molecule has 2 rings (SSSR count). The molecule has 0 amide bonds. The van der Waals surface area contributed by atoms with E-state index >= 15 is 0 Å². The Bertz CT molecular complexity index is 612. The predicted octanol–water partition coefficient (Wildman–Crippen LogP) is 3.37. The minimum Gasteiger partial charge on any atom is -0.490 e. The first-order chi connectivity index (χ1) is 9.29. The van der Waals surface area contributed by atoms with Crippen LogP contribution < -0.4 is 4.74 Å². The summed E-state index contributed by atoms with van der Waals surface area (Å²) < 4.78 is 43.9. The van der Waals surface area contributed by atoms with Crippen LogP contribution in [-0.2, 0) is 6.30 Å². The van der Waals surface area contributed by atoms with Crippen LogP contribution in [0.1, 0.15) is 13.8 Å². The van der Waals surface area contributed by atoms with Crippen molar-refractivity contribution in [2.75, 3.05) is 0 Å². The summed E-state index contributed by atoms with van der Waals surface area (Å²) in [6.45, 7) is 3.70. The monoisotopic (exact) mass is 350 g/mol. The van der Waals surface area contributed by atoms with Crippen LogP contribution in [0.5, 0.6) is 5.75 Å². The number of rotatable bonds is 3. The molecule has 5 nitrogen and oxygen atoms in total. The summed E-state index contributed by atoms with van der Waals surface area (Å²) in [6.07, 6.45) is -4.71. The first-order valence-electron chi connectivity index (χ1n) is 5.61. The molecule has 0 radical (unpaired) electrons. The molecule has 0 aliphatic rings. The van der Waals surface area contributed by atoms with Gasteiger partial charge in [0.1, 0.15) is 5.75 Å². The number of hydrogen-bond acceptors (Lipinski definition) is 4. The fraction of sp³-hybridized carbons (Fsp3) is 0.364. The van der Waals surface area contributed by atoms with Crippen molar-refractivity contribution >= 4 is 15.9 Å². The summed E-state index contributed by atoms with van der Waals surface area (Å²) in [5.74, 6) is 0.157. The van der Waals surface area contributed by atoms with Gasteiger partial charge in [-0.2, -0.15) is 0 Å². The van der Waals surface area contributed by atoms with Gasteiger partial charge in [0.2, 0.25) is 0 Å². The molecular formula is C11H10BrF3N4O. The highest BCUT2D eigenvalue weighted by atomic mass is 79.9. The van der Waals surface area contributed by atoms with Gasteiger partial charge in [0.25, 0.3) is 0 Å². The van der Waals surface area contributed by atoms with Crippen molar-refractivity contribution < 1.29 is 17.9 Å². The average molecular weight is 351 g/mol. The Balaban J connectivity index is 2.40. The zero-order valence-corrected chi connectivity index (χ0v) is 12.1. The Hall–Kier alpha value is -1.64. The Morgan fingerprint density at radius 2 is 2.00 bits per heavy atom. The van der Waals surface area contributed by atoms with E-state index in [4.69, 9.17) is 4.74 Å². The number of ether oxygens (including phenoxy) is 1. The Morgan fingerprint density at radius 1 is 1.30 bits per heavy atom. The van der Waals surface area contributed by atoms with E-state index in [1.807, 2.05) is 13.8 Å². The van der Waals surface area contributed by atoms with Crippen LogP contribution in [0.15, 0.2) is 22.7 Å². The van der Waals surface area contributed by atoms with Crippen LogP contribution in [0.25, 0.3) is 11.4 Å². The SMILES string of the molecule is CC(C)Oc1ccc(-c2nnnn2C(F)(F)F)cc1Br. The molecule has 0 unspecified atom stereocenters. The molecule has 1 aromatic heterocycles. The number of nitrogens with zero attached hydrogens (tertiary/aromatic N) is 4. The topological polar surface area (TPSA) is 52.8 Å². The fourth-order valence-electron chi connectivity index (χ4n) is 1.53.